The van der Waals surface area contributed by atoms with Crippen LogP contribution in [0.3, 0.4) is 0 Å². The highest BCUT2D eigenvalue weighted by atomic mass is 19.4. The van der Waals surface area contributed by atoms with Crippen molar-refractivity contribution in [2.45, 2.75) is 26.2 Å². The maximum absolute atomic E-state index is 13.4. The third kappa shape index (κ3) is 4.42. The van der Waals surface area contributed by atoms with Crippen LogP contribution in [-0.2, 0) is 12.4 Å². The van der Waals surface area contributed by atoms with Crippen LogP contribution in [0.4, 0.5) is 36.4 Å². The van der Waals surface area contributed by atoms with Crippen LogP contribution < -0.4 is 5.32 Å². The fourth-order valence-corrected chi connectivity index (χ4v) is 3.29. The molecule has 10 heteroatoms. The van der Waals surface area contributed by atoms with Gasteiger partial charge in [0.05, 0.1) is 22.4 Å². The molecule has 3 aromatic rings. The van der Waals surface area contributed by atoms with Crippen molar-refractivity contribution in [1.29, 1.82) is 0 Å². The number of carbonyl (C=O) groups excluding carboxylic acids is 1. The SMILES string of the molecule is Cc1cc(C(=O)Nc2ccc(F)c(C(F)(F)F)c2)c(C)n1-c1ccccc1C(F)(F)F. The summed E-state index contributed by atoms with van der Waals surface area (Å²) < 4.78 is 93.5. The molecule has 31 heavy (non-hydrogen) atoms. The number of hydrogen-bond acceptors (Lipinski definition) is 1. The lowest BCUT2D eigenvalue weighted by Gasteiger charge is -2.17. The standard InChI is InChI=1S/C21H15F7N2O/c1-11-9-14(12(2)30(11)18-6-4-3-5-15(18)20(23,24)25)19(31)29-13-7-8-17(22)16(10-13)21(26,27)28/h3-10H,1-2H3,(H,29,31). The Hall–Kier alpha value is -3.30. The van der Waals surface area contributed by atoms with E-state index in [-0.39, 0.29) is 22.6 Å². The quantitative estimate of drug-likeness (QED) is 0.459. The van der Waals surface area contributed by atoms with Crippen LogP contribution in [0.1, 0.15) is 32.9 Å². The molecule has 0 atom stereocenters. The molecular weight excluding hydrogens is 429 g/mol. The fraction of sp³-hybridized carbons (Fsp3) is 0.190. The third-order valence-corrected chi connectivity index (χ3v) is 4.66. The second kappa shape index (κ2) is 7.75. The van der Waals surface area contributed by atoms with Gasteiger partial charge in [0, 0.05) is 17.1 Å². The number of nitrogens with zero attached hydrogens (tertiary/aromatic N) is 1. The second-order valence-electron chi connectivity index (χ2n) is 6.78. The van der Waals surface area contributed by atoms with Crippen LogP contribution in [-0.4, -0.2) is 10.5 Å². The zero-order chi connectivity index (χ0) is 23.1. The summed E-state index contributed by atoms with van der Waals surface area (Å²) in [4.78, 5) is 12.6. The Bertz CT molecular complexity index is 1140. The molecule has 0 bridgehead atoms. The van der Waals surface area contributed by atoms with Crippen molar-refractivity contribution >= 4 is 11.6 Å². The first kappa shape index (κ1) is 22.4. The van der Waals surface area contributed by atoms with E-state index < -0.39 is 35.2 Å². The lowest BCUT2D eigenvalue weighted by atomic mass is 10.1. The number of benzene rings is 2. The first-order valence-corrected chi connectivity index (χ1v) is 8.84. The normalized spacial score (nSPS) is 12.2. The van der Waals surface area contributed by atoms with Crippen molar-refractivity contribution in [3.05, 3.63) is 82.4 Å². The summed E-state index contributed by atoms with van der Waals surface area (Å²) in [5.41, 5.74) is -2.51. The molecule has 1 amide bonds. The molecule has 3 rings (SSSR count). The first-order valence-electron chi connectivity index (χ1n) is 8.84. The van der Waals surface area contributed by atoms with Gasteiger partial charge in [0.1, 0.15) is 5.82 Å². The van der Waals surface area contributed by atoms with Crippen molar-refractivity contribution in [3.8, 4) is 5.69 Å². The Morgan fingerprint density at radius 3 is 2.10 bits per heavy atom. The number of halogens is 7. The summed E-state index contributed by atoms with van der Waals surface area (Å²) in [7, 11) is 0. The van der Waals surface area contributed by atoms with Crippen LogP contribution in [0.25, 0.3) is 5.69 Å². The van der Waals surface area contributed by atoms with Gasteiger partial charge >= 0.3 is 12.4 Å². The molecule has 1 aromatic heterocycles. The van der Waals surface area contributed by atoms with Gasteiger partial charge < -0.3 is 9.88 Å². The van der Waals surface area contributed by atoms with Crippen molar-refractivity contribution in [2.24, 2.45) is 0 Å². The van der Waals surface area contributed by atoms with Gasteiger partial charge in [0.15, 0.2) is 0 Å². The molecule has 1 heterocycles. The Balaban J connectivity index is 2.00. The van der Waals surface area contributed by atoms with E-state index >= 15 is 0 Å². The fourth-order valence-electron chi connectivity index (χ4n) is 3.29. The average Bonchev–Trinajstić information content (AvgIpc) is 2.96. The molecule has 0 saturated heterocycles. The van der Waals surface area contributed by atoms with Gasteiger partial charge in [-0.05, 0) is 50.2 Å². The molecular formula is C21H15F7N2O. The van der Waals surface area contributed by atoms with E-state index in [1.54, 1.807) is 0 Å². The zero-order valence-electron chi connectivity index (χ0n) is 16.1. The predicted molar refractivity (Wildman–Crippen MR) is 99.6 cm³/mol. The summed E-state index contributed by atoms with van der Waals surface area (Å²) in [5.74, 6) is -2.34. The van der Waals surface area contributed by atoms with Gasteiger partial charge in [-0.1, -0.05) is 12.1 Å². The van der Waals surface area contributed by atoms with Gasteiger partial charge in [-0.3, -0.25) is 4.79 Å². The number of amides is 1. The van der Waals surface area contributed by atoms with Crippen molar-refractivity contribution in [1.82, 2.24) is 4.57 Å². The lowest BCUT2D eigenvalue weighted by molar-refractivity contribution is -0.140. The van der Waals surface area contributed by atoms with Crippen LogP contribution in [0, 0.1) is 19.7 Å². The molecule has 0 aliphatic carbocycles. The minimum Gasteiger partial charge on any atom is -0.322 e. The van der Waals surface area contributed by atoms with E-state index in [4.69, 9.17) is 0 Å². The number of anilines is 1. The molecule has 3 nitrogen and oxygen atoms in total. The smallest absolute Gasteiger partial charge is 0.322 e. The van der Waals surface area contributed by atoms with Crippen LogP contribution in [0.2, 0.25) is 0 Å². The number of nitrogens with one attached hydrogen (secondary N) is 1. The maximum atomic E-state index is 13.4. The highest BCUT2D eigenvalue weighted by Gasteiger charge is 2.35. The summed E-state index contributed by atoms with van der Waals surface area (Å²) in [5, 5.41) is 2.23. The van der Waals surface area contributed by atoms with Crippen molar-refractivity contribution in [3.63, 3.8) is 0 Å². The second-order valence-corrected chi connectivity index (χ2v) is 6.78. The molecule has 0 radical (unpaired) electrons. The van der Waals surface area contributed by atoms with Crippen LogP contribution >= 0.6 is 0 Å². The van der Waals surface area contributed by atoms with Crippen LogP contribution in [0.5, 0.6) is 0 Å². The molecule has 0 spiro atoms. The maximum Gasteiger partial charge on any atom is 0.419 e. The summed E-state index contributed by atoms with van der Waals surface area (Å²) in [6.07, 6.45) is -9.59. The number of rotatable bonds is 3. The first-order chi connectivity index (χ1) is 14.3. The minimum atomic E-state index is -4.96. The Labute approximate surface area is 172 Å². The molecule has 2 aromatic carbocycles. The highest BCUT2D eigenvalue weighted by molar-refractivity contribution is 6.05. The highest BCUT2D eigenvalue weighted by Crippen LogP contribution is 2.36. The van der Waals surface area contributed by atoms with Gasteiger partial charge in [-0.25, -0.2) is 4.39 Å². The summed E-state index contributed by atoms with van der Waals surface area (Å²) in [6, 6.07) is 8.12. The molecule has 0 saturated carbocycles. The Morgan fingerprint density at radius 2 is 1.48 bits per heavy atom. The van der Waals surface area contributed by atoms with Gasteiger partial charge in [-0.2, -0.15) is 26.3 Å². The van der Waals surface area contributed by atoms with E-state index in [0.29, 0.717) is 17.8 Å². The monoisotopic (exact) mass is 444 g/mol. The molecule has 1 N–H and O–H groups in total. The summed E-state index contributed by atoms with van der Waals surface area (Å²) >= 11 is 0. The molecule has 164 valence electrons. The predicted octanol–water partition coefficient (Wildman–Crippen LogP) is 6.52. The van der Waals surface area contributed by atoms with E-state index in [0.717, 1.165) is 12.1 Å². The van der Waals surface area contributed by atoms with E-state index in [2.05, 4.69) is 5.32 Å². The Morgan fingerprint density at radius 1 is 0.871 bits per heavy atom. The topological polar surface area (TPSA) is 34.0 Å². The van der Waals surface area contributed by atoms with Gasteiger partial charge in [0.2, 0.25) is 0 Å². The largest absolute Gasteiger partial charge is 0.419 e. The number of aryl methyl sites for hydroxylation is 1. The lowest BCUT2D eigenvalue weighted by Crippen LogP contribution is -2.16. The molecule has 0 unspecified atom stereocenters. The number of aromatic nitrogens is 1. The number of alkyl halides is 6. The number of para-hydroxylation sites is 1. The molecule has 0 fully saturated rings. The van der Waals surface area contributed by atoms with E-state index in [1.807, 2.05) is 0 Å². The summed E-state index contributed by atoms with van der Waals surface area (Å²) in [6.45, 7) is 2.91. The Kier molecular flexibility index (Phi) is 5.60. The zero-order valence-corrected chi connectivity index (χ0v) is 16.1. The number of hydrogen-bond donors (Lipinski definition) is 1. The molecule has 0 aliphatic heterocycles. The van der Waals surface area contributed by atoms with Gasteiger partial charge in [-0.15, -0.1) is 0 Å². The van der Waals surface area contributed by atoms with E-state index in [1.165, 1.54) is 42.7 Å². The average molecular weight is 444 g/mol. The van der Waals surface area contributed by atoms with Gasteiger partial charge in [0.25, 0.3) is 5.91 Å². The minimum absolute atomic E-state index is 0.0349. The van der Waals surface area contributed by atoms with Crippen molar-refractivity contribution in [2.75, 3.05) is 5.32 Å². The van der Waals surface area contributed by atoms with Crippen LogP contribution in [0.15, 0.2) is 48.5 Å². The third-order valence-electron chi connectivity index (χ3n) is 4.66. The number of carbonyl (C=O) groups is 1. The molecule has 0 aliphatic rings. The van der Waals surface area contributed by atoms with E-state index in [9.17, 15) is 35.5 Å². The van der Waals surface area contributed by atoms with Crippen molar-refractivity contribution < 1.29 is 35.5 Å².